The maximum atomic E-state index is 5.94. The van der Waals surface area contributed by atoms with E-state index in [-0.39, 0.29) is 5.54 Å². The Balaban J connectivity index is 3.08. The highest BCUT2D eigenvalue weighted by Gasteiger charge is 2.24. The van der Waals surface area contributed by atoms with Gasteiger partial charge < -0.3 is 9.64 Å². The van der Waals surface area contributed by atoms with Gasteiger partial charge in [-0.25, -0.2) is 4.98 Å². The highest BCUT2D eigenvalue weighted by atomic mass is 35.5. The summed E-state index contributed by atoms with van der Waals surface area (Å²) in [6.07, 6.45) is 0. The number of aromatic nitrogens is 2. The highest BCUT2D eigenvalue weighted by molar-refractivity contribution is 6.18. The van der Waals surface area contributed by atoms with Crippen molar-refractivity contribution in [3.63, 3.8) is 0 Å². The summed E-state index contributed by atoms with van der Waals surface area (Å²) in [5.74, 6) is 2.59. The van der Waals surface area contributed by atoms with Crippen molar-refractivity contribution in [1.29, 1.82) is 0 Å². The molecule has 5 heteroatoms. The number of halogens is 1. The molecule has 0 atom stereocenters. The van der Waals surface area contributed by atoms with Crippen LogP contribution in [0.5, 0.6) is 5.88 Å². The van der Waals surface area contributed by atoms with E-state index in [0.29, 0.717) is 17.6 Å². The molecule has 90 valence electrons. The predicted octanol–water partition coefficient (Wildman–Crippen LogP) is 2.25. The zero-order valence-electron chi connectivity index (χ0n) is 10.4. The zero-order valence-corrected chi connectivity index (χ0v) is 11.2. The van der Waals surface area contributed by atoms with Crippen LogP contribution in [0.25, 0.3) is 0 Å². The standard InChI is InChI=1S/C11H18ClN3O/c1-8-13-9(6-10(14-8)16-5)15(4)11(2,3)7-12/h6H,7H2,1-5H3. The van der Waals surface area contributed by atoms with E-state index in [9.17, 15) is 0 Å². The first kappa shape index (κ1) is 13.0. The van der Waals surface area contributed by atoms with E-state index in [4.69, 9.17) is 16.3 Å². The molecule has 0 radical (unpaired) electrons. The van der Waals surface area contributed by atoms with Gasteiger partial charge in [-0.2, -0.15) is 4.98 Å². The zero-order chi connectivity index (χ0) is 12.3. The molecule has 1 heterocycles. The maximum Gasteiger partial charge on any atom is 0.218 e. The molecule has 0 N–H and O–H groups in total. The van der Waals surface area contributed by atoms with E-state index in [0.717, 1.165) is 5.82 Å². The summed E-state index contributed by atoms with van der Waals surface area (Å²) in [6, 6.07) is 1.81. The molecule has 1 aromatic rings. The highest BCUT2D eigenvalue weighted by Crippen LogP contribution is 2.23. The smallest absolute Gasteiger partial charge is 0.218 e. The first-order valence-corrected chi connectivity index (χ1v) is 5.63. The van der Waals surface area contributed by atoms with Gasteiger partial charge in [0, 0.05) is 24.5 Å². The topological polar surface area (TPSA) is 38.2 Å². The number of hydrogen-bond donors (Lipinski definition) is 0. The summed E-state index contributed by atoms with van der Waals surface area (Å²) in [4.78, 5) is 10.5. The van der Waals surface area contributed by atoms with Crippen LogP contribution >= 0.6 is 11.6 Å². The van der Waals surface area contributed by atoms with Gasteiger partial charge in [0.25, 0.3) is 0 Å². The monoisotopic (exact) mass is 243 g/mol. The Morgan fingerprint density at radius 2 is 2.06 bits per heavy atom. The molecule has 0 amide bonds. The summed E-state index contributed by atoms with van der Waals surface area (Å²) in [7, 11) is 3.56. The molecular weight excluding hydrogens is 226 g/mol. The molecular formula is C11H18ClN3O. The molecule has 0 aliphatic rings. The molecule has 0 aliphatic carbocycles. The lowest BCUT2D eigenvalue weighted by molar-refractivity contribution is 0.395. The lowest BCUT2D eigenvalue weighted by atomic mass is 10.1. The number of anilines is 1. The second kappa shape index (κ2) is 4.87. The van der Waals surface area contributed by atoms with Crippen molar-refractivity contribution in [3.05, 3.63) is 11.9 Å². The Hall–Kier alpha value is -1.03. The number of ether oxygens (including phenoxy) is 1. The van der Waals surface area contributed by atoms with Gasteiger partial charge in [-0.3, -0.25) is 0 Å². The van der Waals surface area contributed by atoms with Crippen LogP contribution in [0.15, 0.2) is 6.07 Å². The van der Waals surface area contributed by atoms with E-state index in [1.807, 2.05) is 18.9 Å². The van der Waals surface area contributed by atoms with Crippen molar-refractivity contribution in [3.8, 4) is 5.88 Å². The van der Waals surface area contributed by atoms with Crippen molar-refractivity contribution < 1.29 is 4.74 Å². The summed E-state index contributed by atoms with van der Waals surface area (Å²) in [6.45, 7) is 5.96. The van der Waals surface area contributed by atoms with Crippen molar-refractivity contribution >= 4 is 17.4 Å². The van der Waals surface area contributed by atoms with Gasteiger partial charge in [-0.05, 0) is 20.8 Å². The largest absolute Gasteiger partial charge is 0.481 e. The Morgan fingerprint density at radius 3 is 2.56 bits per heavy atom. The Labute approximate surface area is 102 Å². The second-order valence-corrected chi connectivity index (χ2v) is 4.59. The number of rotatable bonds is 4. The number of hydrogen-bond acceptors (Lipinski definition) is 4. The minimum Gasteiger partial charge on any atom is -0.481 e. The van der Waals surface area contributed by atoms with Crippen LogP contribution in [0.1, 0.15) is 19.7 Å². The molecule has 0 saturated heterocycles. The average Bonchev–Trinajstić information content (AvgIpc) is 2.27. The Morgan fingerprint density at radius 1 is 1.44 bits per heavy atom. The SMILES string of the molecule is COc1cc(N(C)C(C)(C)CCl)nc(C)n1. The fraction of sp³-hybridized carbons (Fsp3) is 0.636. The lowest BCUT2D eigenvalue weighted by Gasteiger charge is -2.34. The molecule has 0 bridgehead atoms. The quantitative estimate of drug-likeness (QED) is 0.761. The van der Waals surface area contributed by atoms with Crippen LogP contribution in [0.2, 0.25) is 0 Å². The molecule has 0 saturated carbocycles. The molecule has 1 rings (SSSR count). The van der Waals surface area contributed by atoms with Crippen LogP contribution < -0.4 is 9.64 Å². The van der Waals surface area contributed by atoms with E-state index in [1.165, 1.54) is 0 Å². The van der Waals surface area contributed by atoms with Crippen molar-refractivity contribution in [2.75, 3.05) is 24.9 Å². The number of nitrogens with zero attached hydrogens (tertiary/aromatic N) is 3. The van der Waals surface area contributed by atoms with E-state index in [2.05, 4.69) is 23.8 Å². The number of methoxy groups -OCH3 is 1. The molecule has 0 unspecified atom stereocenters. The Bertz CT molecular complexity index is 368. The predicted molar refractivity (Wildman–Crippen MR) is 66.5 cm³/mol. The fourth-order valence-corrected chi connectivity index (χ4v) is 1.38. The van der Waals surface area contributed by atoms with Crippen LogP contribution in [0.3, 0.4) is 0 Å². The van der Waals surface area contributed by atoms with E-state index in [1.54, 1.807) is 13.2 Å². The van der Waals surface area contributed by atoms with Crippen LogP contribution in [0, 0.1) is 6.92 Å². The summed E-state index contributed by atoms with van der Waals surface area (Å²) in [5, 5.41) is 0. The van der Waals surface area contributed by atoms with Gasteiger partial charge in [-0.1, -0.05) is 0 Å². The summed E-state index contributed by atoms with van der Waals surface area (Å²) >= 11 is 5.94. The van der Waals surface area contributed by atoms with Crippen LogP contribution in [-0.4, -0.2) is 35.5 Å². The molecule has 1 aromatic heterocycles. The first-order chi connectivity index (χ1) is 7.40. The van der Waals surface area contributed by atoms with Gasteiger partial charge in [0.05, 0.1) is 7.11 Å². The third-order valence-corrected chi connectivity index (χ3v) is 3.24. The third kappa shape index (κ3) is 2.76. The van der Waals surface area contributed by atoms with E-state index < -0.39 is 0 Å². The van der Waals surface area contributed by atoms with Crippen molar-refractivity contribution in [2.24, 2.45) is 0 Å². The second-order valence-electron chi connectivity index (χ2n) is 4.32. The third-order valence-electron chi connectivity index (χ3n) is 2.59. The average molecular weight is 244 g/mol. The van der Waals surface area contributed by atoms with Gasteiger partial charge in [-0.15, -0.1) is 11.6 Å². The van der Waals surface area contributed by atoms with Crippen molar-refractivity contribution in [2.45, 2.75) is 26.3 Å². The first-order valence-electron chi connectivity index (χ1n) is 5.10. The molecule has 16 heavy (non-hydrogen) atoms. The molecule has 0 spiro atoms. The van der Waals surface area contributed by atoms with Gasteiger partial charge in [0.1, 0.15) is 11.6 Å². The molecule has 0 aromatic carbocycles. The number of aryl methyl sites for hydroxylation is 1. The fourth-order valence-electron chi connectivity index (χ4n) is 1.20. The molecule has 0 aliphatic heterocycles. The minimum atomic E-state index is -0.159. The van der Waals surface area contributed by atoms with Crippen LogP contribution in [0.4, 0.5) is 5.82 Å². The lowest BCUT2D eigenvalue weighted by Crippen LogP contribution is -2.43. The normalized spacial score (nSPS) is 11.4. The van der Waals surface area contributed by atoms with Crippen LogP contribution in [-0.2, 0) is 0 Å². The Kier molecular flexibility index (Phi) is 3.97. The van der Waals surface area contributed by atoms with Gasteiger partial charge >= 0.3 is 0 Å². The van der Waals surface area contributed by atoms with E-state index >= 15 is 0 Å². The van der Waals surface area contributed by atoms with Gasteiger partial charge in [0.2, 0.25) is 5.88 Å². The summed E-state index contributed by atoms with van der Waals surface area (Å²) in [5.41, 5.74) is -0.159. The van der Waals surface area contributed by atoms with Crippen molar-refractivity contribution in [1.82, 2.24) is 9.97 Å². The molecule has 4 nitrogen and oxygen atoms in total. The minimum absolute atomic E-state index is 0.159. The van der Waals surface area contributed by atoms with Gasteiger partial charge in [0.15, 0.2) is 0 Å². The molecule has 0 fully saturated rings. The maximum absolute atomic E-state index is 5.94. The number of alkyl halides is 1. The summed E-state index contributed by atoms with van der Waals surface area (Å²) < 4.78 is 5.12.